The maximum atomic E-state index is 11.7. The van der Waals surface area contributed by atoms with Gasteiger partial charge >= 0.3 is 11.9 Å². The fourth-order valence-electron chi connectivity index (χ4n) is 1.20. The fourth-order valence-corrected chi connectivity index (χ4v) is 1.20. The van der Waals surface area contributed by atoms with Gasteiger partial charge in [-0.15, -0.1) is 0 Å². The second-order valence-corrected chi connectivity index (χ2v) is 5.26. The van der Waals surface area contributed by atoms with E-state index >= 15 is 0 Å². The Kier molecular flexibility index (Phi) is 8.00. The summed E-state index contributed by atoms with van der Waals surface area (Å²) in [5, 5.41) is 18.0. The van der Waals surface area contributed by atoms with E-state index in [0.717, 1.165) is 0 Å². The summed E-state index contributed by atoms with van der Waals surface area (Å²) < 4.78 is 9.79. The molecule has 2 atom stereocenters. The van der Waals surface area contributed by atoms with Crippen LogP contribution in [0, 0.1) is 46.3 Å². The largest absolute Gasteiger partial charge is 0.464 e. The van der Waals surface area contributed by atoms with Crippen LogP contribution >= 0.6 is 0 Å². The topological polar surface area (TPSA) is 100 Å². The van der Waals surface area contributed by atoms with Crippen LogP contribution in [0.5, 0.6) is 0 Å². The summed E-state index contributed by atoms with van der Waals surface area (Å²) in [6.45, 7) is 7.63. The van der Waals surface area contributed by atoms with Crippen LogP contribution in [0.25, 0.3) is 0 Å². The first-order valence-corrected chi connectivity index (χ1v) is 6.45. The molecule has 0 rings (SSSR count). The summed E-state index contributed by atoms with van der Waals surface area (Å²) in [4.78, 5) is 23.4. The first-order chi connectivity index (χ1) is 9.33. The van der Waals surface area contributed by atoms with Crippen molar-refractivity contribution in [2.75, 3.05) is 13.2 Å². The van der Waals surface area contributed by atoms with Crippen LogP contribution in [0.2, 0.25) is 0 Å². The Morgan fingerprint density at radius 1 is 0.850 bits per heavy atom. The van der Waals surface area contributed by atoms with Gasteiger partial charge in [0.25, 0.3) is 0 Å². The normalized spacial score (nSPS) is 13.2. The molecule has 0 saturated heterocycles. The Balaban J connectivity index is 4.74. The van der Waals surface area contributed by atoms with Crippen molar-refractivity contribution in [1.29, 1.82) is 10.5 Å². The molecule has 2 unspecified atom stereocenters. The van der Waals surface area contributed by atoms with Gasteiger partial charge in [0.1, 0.15) is 0 Å². The zero-order valence-electron chi connectivity index (χ0n) is 12.3. The standard InChI is InChI=1S/C14H20N2O4/c1-9(2)7-19-13(17)11(5-15)12(6-16)14(18)20-8-10(3)4/h9-12H,7-8H2,1-4H3. The number of hydrogen-bond acceptors (Lipinski definition) is 6. The molecule has 0 N–H and O–H groups in total. The molecule has 0 aromatic carbocycles. The molecule has 0 aromatic heterocycles. The zero-order chi connectivity index (χ0) is 15.7. The molecule has 6 nitrogen and oxygen atoms in total. The van der Waals surface area contributed by atoms with Gasteiger partial charge in [0.2, 0.25) is 0 Å². The summed E-state index contributed by atoms with van der Waals surface area (Å²) in [6.07, 6.45) is 0. The van der Waals surface area contributed by atoms with Crippen LogP contribution in [0.3, 0.4) is 0 Å². The summed E-state index contributed by atoms with van der Waals surface area (Å²) in [5.74, 6) is -4.45. The van der Waals surface area contributed by atoms with Crippen molar-refractivity contribution < 1.29 is 19.1 Å². The van der Waals surface area contributed by atoms with Crippen LogP contribution < -0.4 is 0 Å². The Morgan fingerprint density at radius 3 is 1.35 bits per heavy atom. The van der Waals surface area contributed by atoms with Crippen LogP contribution in [0.15, 0.2) is 0 Å². The molecule has 0 heterocycles. The molecule has 0 fully saturated rings. The van der Waals surface area contributed by atoms with E-state index in [-0.39, 0.29) is 25.0 Å². The van der Waals surface area contributed by atoms with Crippen molar-refractivity contribution in [3.8, 4) is 12.1 Å². The third kappa shape index (κ3) is 6.19. The Labute approximate surface area is 119 Å². The van der Waals surface area contributed by atoms with E-state index in [2.05, 4.69) is 0 Å². The lowest BCUT2D eigenvalue weighted by Gasteiger charge is -2.15. The molecular weight excluding hydrogens is 260 g/mol. The number of rotatable bonds is 7. The highest BCUT2D eigenvalue weighted by molar-refractivity contribution is 5.86. The van der Waals surface area contributed by atoms with E-state index in [0.29, 0.717) is 0 Å². The quantitative estimate of drug-likeness (QED) is 0.657. The summed E-state index contributed by atoms with van der Waals surface area (Å²) >= 11 is 0. The average molecular weight is 280 g/mol. The molecule has 0 aromatic rings. The molecule has 0 amide bonds. The smallest absolute Gasteiger partial charge is 0.325 e. The van der Waals surface area contributed by atoms with Crippen molar-refractivity contribution >= 4 is 11.9 Å². The van der Waals surface area contributed by atoms with E-state index in [4.69, 9.17) is 20.0 Å². The van der Waals surface area contributed by atoms with E-state index < -0.39 is 23.8 Å². The second kappa shape index (κ2) is 8.92. The van der Waals surface area contributed by atoms with Gasteiger partial charge in [0.15, 0.2) is 11.8 Å². The maximum Gasteiger partial charge on any atom is 0.325 e. The third-order valence-electron chi connectivity index (χ3n) is 2.24. The van der Waals surface area contributed by atoms with Gasteiger partial charge in [-0.2, -0.15) is 10.5 Å². The minimum Gasteiger partial charge on any atom is -0.464 e. The molecule has 6 heteroatoms. The van der Waals surface area contributed by atoms with E-state index in [1.165, 1.54) is 0 Å². The predicted octanol–water partition coefficient (Wildman–Crippen LogP) is 1.66. The second-order valence-electron chi connectivity index (χ2n) is 5.26. The molecule has 0 aliphatic heterocycles. The molecule has 110 valence electrons. The average Bonchev–Trinajstić information content (AvgIpc) is 2.39. The van der Waals surface area contributed by atoms with Crippen LogP contribution in [-0.4, -0.2) is 25.2 Å². The molecule has 0 aliphatic rings. The molecular formula is C14H20N2O4. The van der Waals surface area contributed by atoms with Gasteiger partial charge < -0.3 is 9.47 Å². The van der Waals surface area contributed by atoms with Gasteiger partial charge in [0, 0.05) is 0 Å². The lowest BCUT2D eigenvalue weighted by molar-refractivity contribution is -0.157. The summed E-state index contributed by atoms with van der Waals surface area (Å²) in [5.41, 5.74) is 0. The maximum absolute atomic E-state index is 11.7. The number of nitrogens with zero attached hydrogens (tertiary/aromatic N) is 2. The zero-order valence-corrected chi connectivity index (χ0v) is 12.3. The van der Waals surface area contributed by atoms with Crippen LogP contribution in [0.4, 0.5) is 0 Å². The third-order valence-corrected chi connectivity index (χ3v) is 2.24. The predicted molar refractivity (Wildman–Crippen MR) is 69.8 cm³/mol. The van der Waals surface area contributed by atoms with Crippen molar-refractivity contribution in [3.05, 3.63) is 0 Å². The van der Waals surface area contributed by atoms with E-state index in [9.17, 15) is 9.59 Å². The Morgan fingerprint density at radius 2 is 1.15 bits per heavy atom. The Bertz CT molecular complexity index is 378. The van der Waals surface area contributed by atoms with Gasteiger partial charge in [0.05, 0.1) is 25.4 Å². The lowest BCUT2D eigenvalue weighted by Crippen LogP contribution is -2.32. The summed E-state index contributed by atoms with van der Waals surface area (Å²) in [6, 6.07) is 3.29. The Hall–Kier alpha value is -2.08. The molecule has 0 saturated carbocycles. The molecule has 0 bridgehead atoms. The van der Waals surface area contributed by atoms with Gasteiger partial charge in [-0.1, -0.05) is 27.7 Å². The van der Waals surface area contributed by atoms with Crippen molar-refractivity contribution in [2.45, 2.75) is 27.7 Å². The number of hydrogen-bond donors (Lipinski definition) is 0. The van der Waals surface area contributed by atoms with Crippen molar-refractivity contribution in [2.24, 2.45) is 23.7 Å². The number of carbonyl (C=O) groups excluding carboxylic acids is 2. The fraction of sp³-hybridized carbons (Fsp3) is 0.714. The molecule has 0 aliphatic carbocycles. The monoisotopic (exact) mass is 280 g/mol. The van der Waals surface area contributed by atoms with Crippen LogP contribution in [0.1, 0.15) is 27.7 Å². The molecule has 0 spiro atoms. The highest BCUT2D eigenvalue weighted by atomic mass is 16.5. The van der Waals surface area contributed by atoms with Crippen LogP contribution in [-0.2, 0) is 19.1 Å². The lowest BCUT2D eigenvalue weighted by atomic mass is 9.95. The first-order valence-electron chi connectivity index (χ1n) is 6.45. The number of nitriles is 2. The number of carbonyl (C=O) groups is 2. The minimum atomic E-state index is -1.46. The SMILES string of the molecule is CC(C)COC(=O)C(C#N)C(C#N)C(=O)OCC(C)C. The van der Waals surface area contributed by atoms with Gasteiger partial charge in [-0.3, -0.25) is 9.59 Å². The highest BCUT2D eigenvalue weighted by Crippen LogP contribution is 2.16. The van der Waals surface area contributed by atoms with E-state index in [1.807, 2.05) is 27.7 Å². The van der Waals surface area contributed by atoms with Crippen molar-refractivity contribution in [3.63, 3.8) is 0 Å². The summed E-state index contributed by atoms with van der Waals surface area (Å²) in [7, 11) is 0. The highest BCUT2D eigenvalue weighted by Gasteiger charge is 2.36. The molecule has 20 heavy (non-hydrogen) atoms. The molecule has 0 radical (unpaired) electrons. The van der Waals surface area contributed by atoms with Crippen molar-refractivity contribution in [1.82, 2.24) is 0 Å². The van der Waals surface area contributed by atoms with Gasteiger partial charge in [-0.05, 0) is 11.8 Å². The van der Waals surface area contributed by atoms with E-state index in [1.54, 1.807) is 12.1 Å². The first kappa shape index (κ1) is 17.9. The van der Waals surface area contributed by atoms with Gasteiger partial charge in [-0.25, -0.2) is 0 Å². The number of esters is 2. The minimum absolute atomic E-state index is 0.103. The number of ether oxygens (including phenoxy) is 2.